The predicted molar refractivity (Wildman–Crippen MR) is 137 cm³/mol. The van der Waals surface area contributed by atoms with Crippen LogP contribution in [-0.4, -0.2) is 57.0 Å². The van der Waals surface area contributed by atoms with Crippen molar-refractivity contribution < 1.29 is 37.4 Å². The van der Waals surface area contributed by atoms with Gasteiger partial charge >= 0.3 is 5.97 Å². The van der Waals surface area contributed by atoms with Gasteiger partial charge in [-0.15, -0.1) is 11.3 Å². The number of nitrogens with zero attached hydrogens (tertiary/aromatic N) is 1. The summed E-state index contributed by atoms with van der Waals surface area (Å²) in [5.74, 6) is -3.74. The first-order valence-corrected chi connectivity index (χ1v) is 14.5. The smallest absolute Gasteiger partial charge is 0.351 e. The SMILES string of the molecule is Cc1ncsc1C(=O)O[C@]1(C(=O)SCF)[C@H](CF)C[C@H]2[C@@H]3CCC4=CC(=O)C=C[C@]4(C)[C@@]3(F)[C@@H](O)C[C@@]21C. The number of ether oxygens (including phenoxy) is 1. The molecule has 11 heteroatoms. The van der Waals surface area contributed by atoms with Crippen molar-refractivity contribution in [2.24, 2.45) is 28.6 Å². The quantitative estimate of drug-likeness (QED) is 0.493. The van der Waals surface area contributed by atoms with Gasteiger partial charge in [-0.1, -0.05) is 18.6 Å². The highest BCUT2D eigenvalue weighted by molar-refractivity contribution is 8.13. The number of carbonyl (C=O) groups is 3. The predicted octanol–water partition coefficient (Wildman–Crippen LogP) is 5.10. The van der Waals surface area contributed by atoms with Crippen molar-refractivity contribution in [3.05, 3.63) is 39.9 Å². The number of aryl methyl sites for hydroxylation is 1. The van der Waals surface area contributed by atoms with E-state index >= 15 is 4.39 Å². The largest absolute Gasteiger partial charge is 0.445 e. The average molecular weight is 570 g/mol. The summed E-state index contributed by atoms with van der Waals surface area (Å²) < 4.78 is 51.8. The molecule has 1 aromatic rings. The molecule has 0 saturated heterocycles. The number of hydrogen-bond acceptors (Lipinski definition) is 8. The lowest BCUT2D eigenvalue weighted by Crippen LogP contribution is -2.69. The Bertz CT molecular complexity index is 1250. The van der Waals surface area contributed by atoms with E-state index in [0.717, 1.165) is 11.3 Å². The number of carbonyl (C=O) groups excluding carboxylic acids is 3. The second kappa shape index (κ2) is 9.30. The maximum atomic E-state index is 17.4. The third-order valence-electron chi connectivity index (χ3n) is 9.85. The van der Waals surface area contributed by atoms with Crippen LogP contribution in [0.15, 0.2) is 29.3 Å². The lowest BCUT2D eigenvalue weighted by molar-refractivity contribution is -0.217. The summed E-state index contributed by atoms with van der Waals surface area (Å²) in [4.78, 5) is 43.3. The van der Waals surface area contributed by atoms with Crippen LogP contribution in [0, 0.1) is 35.5 Å². The molecule has 38 heavy (non-hydrogen) atoms. The summed E-state index contributed by atoms with van der Waals surface area (Å²) in [5.41, 5.74) is -4.55. The summed E-state index contributed by atoms with van der Waals surface area (Å²) in [7, 11) is 0. The van der Waals surface area contributed by atoms with Crippen molar-refractivity contribution in [2.45, 2.75) is 63.8 Å². The maximum Gasteiger partial charge on any atom is 0.351 e. The van der Waals surface area contributed by atoms with Crippen molar-refractivity contribution in [1.82, 2.24) is 4.98 Å². The molecule has 0 radical (unpaired) electrons. The molecule has 206 valence electrons. The summed E-state index contributed by atoms with van der Waals surface area (Å²) in [5, 5.41) is 10.7. The van der Waals surface area contributed by atoms with Gasteiger partial charge in [-0.3, -0.25) is 14.0 Å². The zero-order valence-corrected chi connectivity index (χ0v) is 23.0. The molecular weight excluding hydrogens is 539 g/mol. The van der Waals surface area contributed by atoms with Crippen LogP contribution in [0.25, 0.3) is 0 Å². The molecule has 0 spiro atoms. The Labute approximate surface area is 227 Å². The van der Waals surface area contributed by atoms with Gasteiger partial charge < -0.3 is 9.84 Å². The third-order valence-corrected chi connectivity index (χ3v) is 11.4. The lowest BCUT2D eigenvalue weighted by atomic mass is 9.45. The van der Waals surface area contributed by atoms with Crippen molar-refractivity contribution in [1.29, 1.82) is 0 Å². The van der Waals surface area contributed by atoms with Crippen LogP contribution in [0.1, 0.15) is 54.9 Å². The van der Waals surface area contributed by atoms with Gasteiger partial charge in [0.1, 0.15) is 10.9 Å². The fraction of sp³-hybridized carbons (Fsp3) is 0.630. The standard InChI is InChI=1S/C27H30F3NO5S2/c1-14-21(38-13-31-14)22(34)36-27(23(35)37-12-29)16(11-28)9-19-18-5-4-15-8-17(32)6-7-24(15,2)26(18,30)20(33)10-25(19,27)3/h6-8,13,16,18-20,33H,4-5,9-12H2,1-3H3/t16-,18-,19-,20-,24-,25-,26-,27-/m0/s1. The van der Waals surface area contributed by atoms with E-state index in [-0.39, 0.29) is 29.9 Å². The van der Waals surface area contributed by atoms with Crippen LogP contribution in [0.4, 0.5) is 13.2 Å². The molecule has 1 heterocycles. The molecule has 0 aliphatic heterocycles. The van der Waals surface area contributed by atoms with E-state index in [0.29, 0.717) is 29.4 Å². The Hall–Kier alpha value is -1.98. The number of esters is 1. The van der Waals surface area contributed by atoms with Crippen molar-refractivity contribution in [3.63, 3.8) is 0 Å². The number of hydrogen-bond donors (Lipinski definition) is 1. The molecule has 0 aromatic carbocycles. The van der Waals surface area contributed by atoms with Gasteiger partial charge in [0.15, 0.2) is 17.1 Å². The van der Waals surface area contributed by atoms with Crippen molar-refractivity contribution >= 4 is 40.0 Å². The molecule has 1 aromatic heterocycles. The third kappa shape index (κ3) is 3.43. The second-order valence-corrected chi connectivity index (χ2v) is 13.0. The molecule has 4 aliphatic carbocycles. The van der Waals surface area contributed by atoms with Gasteiger partial charge in [-0.2, -0.15) is 0 Å². The average Bonchev–Trinajstić information content (AvgIpc) is 3.40. The van der Waals surface area contributed by atoms with Gasteiger partial charge in [-0.05, 0) is 69.4 Å². The molecule has 0 bridgehead atoms. The molecule has 6 nitrogen and oxygen atoms in total. The minimum atomic E-state index is -2.20. The van der Waals surface area contributed by atoms with E-state index in [1.807, 2.05) is 0 Å². The van der Waals surface area contributed by atoms with Gasteiger partial charge in [0.05, 0.1) is 24.0 Å². The Morgan fingerprint density at radius 1 is 1.29 bits per heavy atom. The van der Waals surface area contributed by atoms with E-state index in [1.54, 1.807) is 20.8 Å². The first kappa shape index (κ1) is 27.6. The van der Waals surface area contributed by atoms with E-state index < -0.39 is 69.7 Å². The molecule has 5 rings (SSSR count). The number of ketones is 1. The first-order chi connectivity index (χ1) is 17.9. The molecule has 3 saturated carbocycles. The molecule has 8 atom stereocenters. The molecular formula is C27H30F3NO5S2. The number of allylic oxidation sites excluding steroid dienone is 4. The Morgan fingerprint density at radius 2 is 2.03 bits per heavy atom. The Kier molecular flexibility index (Phi) is 6.75. The number of thioether (sulfide) groups is 1. The molecule has 4 aliphatic rings. The molecule has 0 unspecified atom stereocenters. The van der Waals surface area contributed by atoms with Crippen LogP contribution in [0.3, 0.4) is 0 Å². The fourth-order valence-electron chi connectivity index (χ4n) is 8.02. The topological polar surface area (TPSA) is 93.6 Å². The molecule has 1 N–H and O–H groups in total. The van der Waals surface area contributed by atoms with Crippen LogP contribution in [0.2, 0.25) is 0 Å². The summed E-state index contributed by atoms with van der Waals surface area (Å²) in [6.07, 6.45) is 2.99. The highest BCUT2D eigenvalue weighted by atomic mass is 32.2. The monoisotopic (exact) mass is 569 g/mol. The van der Waals surface area contributed by atoms with Crippen LogP contribution in [-0.2, 0) is 14.3 Å². The Morgan fingerprint density at radius 3 is 2.66 bits per heavy atom. The highest BCUT2D eigenvalue weighted by Crippen LogP contribution is 2.72. The van der Waals surface area contributed by atoms with Gasteiger partial charge in [-0.25, -0.2) is 18.6 Å². The normalized spacial score (nSPS) is 41.7. The highest BCUT2D eigenvalue weighted by Gasteiger charge is 2.78. The number of aliphatic hydroxyl groups excluding tert-OH is 1. The zero-order chi connectivity index (χ0) is 27.7. The summed E-state index contributed by atoms with van der Waals surface area (Å²) in [6, 6.07) is -1.11. The van der Waals surface area contributed by atoms with E-state index in [1.165, 1.54) is 23.7 Å². The van der Waals surface area contributed by atoms with Gasteiger partial charge in [0, 0.05) is 22.7 Å². The fourth-order valence-corrected chi connectivity index (χ4v) is 9.45. The number of rotatable bonds is 5. The number of halogens is 3. The lowest BCUT2D eigenvalue weighted by Gasteiger charge is -2.62. The van der Waals surface area contributed by atoms with Crippen molar-refractivity contribution in [2.75, 3.05) is 12.7 Å². The van der Waals surface area contributed by atoms with Crippen LogP contribution < -0.4 is 0 Å². The van der Waals surface area contributed by atoms with Crippen molar-refractivity contribution in [3.8, 4) is 0 Å². The Balaban J connectivity index is 1.64. The first-order valence-electron chi connectivity index (χ1n) is 12.6. The van der Waals surface area contributed by atoms with Crippen LogP contribution in [0.5, 0.6) is 0 Å². The number of alkyl halides is 3. The molecule has 0 amide bonds. The van der Waals surface area contributed by atoms with E-state index in [4.69, 9.17) is 4.74 Å². The van der Waals surface area contributed by atoms with E-state index in [9.17, 15) is 28.3 Å². The second-order valence-electron chi connectivity index (χ2n) is 11.3. The molecule has 3 fully saturated rings. The number of aromatic nitrogens is 1. The van der Waals surface area contributed by atoms with Crippen LogP contribution >= 0.6 is 23.1 Å². The number of aliphatic hydroxyl groups is 1. The minimum absolute atomic E-state index is 0.0291. The number of fused-ring (bicyclic) bond motifs is 5. The minimum Gasteiger partial charge on any atom is -0.445 e. The zero-order valence-electron chi connectivity index (χ0n) is 21.3. The summed E-state index contributed by atoms with van der Waals surface area (Å²) in [6.45, 7) is 3.85. The number of thiazole rings is 1. The van der Waals surface area contributed by atoms with E-state index in [2.05, 4.69) is 4.98 Å². The summed E-state index contributed by atoms with van der Waals surface area (Å²) >= 11 is 1.31. The van der Waals surface area contributed by atoms with Gasteiger partial charge in [0.2, 0.25) is 5.12 Å². The van der Waals surface area contributed by atoms with Gasteiger partial charge in [0.25, 0.3) is 0 Å². The maximum absolute atomic E-state index is 17.4.